The zero-order valence-electron chi connectivity index (χ0n) is 8.91. The summed E-state index contributed by atoms with van der Waals surface area (Å²) in [5.41, 5.74) is 1.94. The van der Waals surface area contributed by atoms with Crippen molar-refractivity contribution in [2.45, 2.75) is 6.42 Å². The topological polar surface area (TPSA) is 32.5 Å². The van der Waals surface area contributed by atoms with E-state index in [0.29, 0.717) is 0 Å². The molecule has 2 N–H and O–H groups in total. The number of nitrogens with zero attached hydrogens (tertiary/aromatic N) is 2. The predicted molar refractivity (Wildman–Crippen MR) is 59.1 cm³/mol. The summed E-state index contributed by atoms with van der Waals surface area (Å²) in [6.45, 7) is 2.63. The lowest BCUT2D eigenvalue weighted by molar-refractivity contribution is 0.339. The third-order valence-corrected chi connectivity index (χ3v) is 2.84. The first-order valence-corrected chi connectivity index (χ1v) is 5.16. The van der Waals surface area contributed by atoms with Crippen molar-refractivity contribution in [1.29, 1.82) is 0 Å². The number of benzene rings is 1. The molecule has 1 aliphatic rings. The van der Waals surface area contributed by atoms with Crippen LogP contribution in [0.3, 0.4) is 0 Å². The van der Waals surface area contributed by atoms with E-state index in [2.05, 4.69) is 11.9 Å². The van der Waals surface area contributed by atoms with Crippen LogP contribution in [0.4, 0.5) is 10.1 Å². The highest BCUT2D eigenvalue weighted by atomic mass is 19.1. The van der Waals surface area contributed by atoms with E-state index in [0.717, 1.165) is 37.3 Å². The molecule has 4 heteroatoms. The monoisotopic (exact) mass is 209 g/mol. The quantitative estimate of drug-likeness (QED) is 0.647. The van der Waals surface area contributed by atoms with Crippen LogP contribution in [0.2, 0.25) is 0 Å². The molecule has 3 nitrogen and oxygen atoms in total. The Balaban J connectivity index is 2.33. The minimum Gasteiger partial charge on any atom is -0.309 e. The maximum Gasteiger partial charge on any atom is 0.125 e. The summed E-state index contributed by atoms with van der Waals surface area (Å²) in [5.74, 6) is 5.66. The fourth-order valence-electron chi connectivity index (χ4n) is 1.84. The van der Waals surface area contributed by atoms with Crippen LogP contribution >= 0.6 is 0 Å². The van der Waals surface area contributed by atoms with E-state index in [1.807, 2.05) is 6.07 Å². The number of hydrogen-bond donors (Lipinski definition) is 1. The fourth-order valence-corrected chi connectivity index (χ4v) is 1.84. The van der Waals surface area contributed by atoms with Gasteiger partial charge in [-0.25, -0.2) is 10.2 Å². The van der Waals surface area contributed by atoms with Crippen LogP contribution in [-0.4, -0.2) is 31.6 Å². The van der Waals surface area contributed by atoms with Gasteiger partial charge in [-0.2, -0.15) is 0 Å². The van der Waals surface area contributed by atoms with E-state index in [4.69, 9.17) is 5.84 Å². The molecule has 1 aromatic carbocycles. The zero-order chi connectivity index (χ0) is 10.8. The Bertz CT molecular complexity index is 354. The number of rotatable bonds is 0. The Labute approximate surface area is 89.2 Å². The van der Waals surface area contributed by atoms with Crippen molar-refractivity contribution in [3.05, 3.63) is 29.6 Å². The highest BCUT2D eigenvalue weighted by Crippen LogP contribution is 2.21. The van der Waals surface area contributed by atoms with Crippen molar-refractivity contribution in [2.75, 3.05) is 31.7 Å². The number of nitrogens with two attached hydrogens (primary N) is 1. The second kappa shape index (κ2) is 4.16. The van der Waals surface area contributed by atoms with Crippen molar-refractivity contribution in [3.8, 4) is 0 Å². The number of anilines is 1. The van der Waals surface area contributed by atoms with Crippen LogP contribution in [0.15, 0.2) is 18.2 Å². The van der Waals surface area contributed by atoms with Gasteiger partial charge in [0, 0.05) is 19.6 Å². The second-order valence-corrected chi connectivity index (χ2v) is 4.02. The third-order valence-electron chi connectivity index (χ3n) is 2.84. The first-order valence-electron chi connectivity index (χ1n) is 5.16. The van der Waals surface area contributed by atoms with Crippen LogP contribution in [-0.2, 0) is 6.42 Å². The second-order valence-electron chi connectivity index (χ2n) is 4.02. The predicted octanol–water partition coefficient (Wildman–Crippen LogP) is 0.994. The van der Waals surface area contributed by atoms with Gasteiger partial charge in [-0.05, 0) is 31.2 Å². The molecular formula is C11H16FN3. The fraction of sp³-hybridized carbons (Fsp3) is 0.455. The van der Waals surface area contributed by atoms with Crippen LogP contribution in [0.5, 0.6) is 0 Å². The van der Waals surface area contributed by atoms with Gasteiger partial charge in [0.1, 0.15) is 5.82 Å². The van der Waals surface area contributed by atoms with E-state index in [1.54, 1.807) is 5.01 Å². The van der Waals surface area contributed by atoms with Crippen LogP contribution in [0, 0.1) is 5.82 Å². The van der Waals surface area contributed by atoms with Crippen molar-refractivity contribution >= 4 is 5.69 Å². The molecule has 82 valence electrons. The van der Waals surface area contributed by atoms with E-state index >= 15 is 0 Å². The van der Waals surface area contributed by atoms with Gasteiger partial charge in [0.15, 0.2) is 0 Å². The first kappa shape index (κ1) is 10.4. The van der Waals surface area contributed by atoms with Crippen molar-refractivity contribution in [3.63, 3.8) is 0 Å². The Morgan fingerprint density at radius 3 is 2.87 bits per heavy atom. The number of likely N-dealkylation sites (N-methyl/N-ethyl adjacent to an activating group) is 1. The Morgan fingerprint density at radius 2 is 2.07 bits per heavy atom. The normalized spacial score (nSPS) is 18.2. The van der Waals surface area contributed by atoms with Gasteiger partial charge in [-0.3, -0.25) is 0 Å². The summed E-state index contributed by atoms with van der Waals surface area (Å²) >= 11 is 0. The summed E-state index contributed by atoms with van der Waals surface area (Å²) in [6, 6.07) is 4.83. The molecule has 0 aliphatic carbocycles. The number of hydrogen-bond acceptors (Lipinski definition) is 3. The largest absolute Gasteiger partial charge is 0.309 e. The van der Waals surface area contributed by atoms with E-state index in [-0.39, 0.29) is 5.82 Å². The molecule has 0 amide bonds. The first-order chi connectivity index (χ1) is 7.16. The maximum absolute atomic E-state index is 13.1. The molecule has 1 heterocycles. The van der Waals surface area contributed by atoms with Gasteiger partial charge in [0.05, 0.1) is 5.69 Å². The molecule has 0 radical (unpaired) electrons. The van der Waals surface area contributed by atoms with Crippen LogP contribution < -0.4 is 10.9 Å². The van der Waals surface area contributed by atoms with Crippen molar-refractivity contribution in [1.82, 2.24) is 4.90 Å². The number of fused-ring (bicyclic) bond motifs is 1. The molecule has 0 saturated heterocycles. The Morgan fingerprint density at radius 1 is 1.27 bits per heavy atom. The average molecular weight is 209 g/mol. The molecule has 1 aliphatic heterocycles. The molecule has 0 fully saturated rings. The van der Waals surface area contributed by atoms with Crippen molar-refractivity contribution < 1.29 is 4.39 Å². The van der Waals surface area contributed by atoms with Gasteiger partial charge in [-0.1, -0.05) is 6.07 Å². The van der Waals surface area contributed by atoms with Gasteiger partial charge < -0.3 is 9.91 Å². The molecule has 1 aromatic rings. The lowest BCUT2D eigenvalue weighted by Gasteiger charge is -2.28. The highest BCUT2D eigenvalue weighted by Gasteiger charge is 2.14. The van der Waals surface area contributed by atoms with Crippen LogP contribution in [0.25, 0.3) is 0 Å². The average Bonchev–Trinajstić information content (AvgIpc) is 2.22. The SMILES string of the molecule is CN1CCc2ccc(F)cc2N(N)CC1. The Kier molecular flexibility index (Phi) is 2.88. The Hall–Kier alpha value is -1.13. The van der Waals surface area contributed by atoms with Gasteiger partial charge in [0.2, 0.25) is 0 Å². The number of halogens is 1. The van der Waals surface area contributed by atoms with Gasteiger partial charge in [-0.15, -0.1) is 0 Å². The molecule has 0 unspecified atom stereocenters. The summed E-state index contributed by atoms with van der Waals surface area (Å²) in [4.78, 5) is 2.23. The third kappa shape index (κ3) is 2.27. The molecule has 0 saturated carbocycles. The minimum absolute atomic E-state index is 0.224. The molecule has 2 rings (SSSR count). The number of hydrazine groups is 1. The van der Waals surface area contributed by atoms with E-state index < -0.39 is 0 Å². The molecule has 0 aromatic heterocycles. The molecule has 15 heavy (non-hydrogen) atoms. The van der Waals surface area contributed by atoms with Gasteiger partial charge in [0.25, 0.3) is 0 Å². The molecular weight excluding hydrogens is 193 g/mol. The lowest BCUT2D eigenvalue weighted by Crippen LogP contribution is -2.41. The molecule has 0 bridgehead atoms. The molecule has 0 atom stereocenters. The van der Waals surface area contributed by atoms with Crippen LogP contribution in [0.1, 0.15) is 5.56 Å². The minimum atomic E-state index is -0.224. The van der Waals surface area contributed by atoms with Crippen molar-refractivity contribution in [2.24, 2.45) is 5.84 Å². The van der Waals surface area contributed by atoms with E-state index in [9.17, 15) is 4.39 Å². The molecule has 0 spiro atoms. The highest BCUT2D eigenvalue weighted by molar-refractivity contribution is 5.53. The lowest BCUT2D eigenvalue weighted by atomic mass is 10.1. The smallest absolute Gasteiger partial charge is 0.125 e. The summed E-state index contributed by atoms with van der Waals surface area (Å²) in [6.07, 6.45) is 0.916. The summed E-state index contributed by atoms with van der Waals surface area (Å²) < 4.78 is 13.1. The van der Waals surface area contributed by atoms with Gasteiger partial charge >= 0.3 is 0 Å². The summed E-state index contributed by atoms with van der Waals surface area (Å²) in [7, 11) is 2.07. The zero-order valence-corrected chi connectivity index (χ0v) is 8.91. The summed E-state index contributed by atoms with van der Waals surface area (Å²) in [5, 5.41) is 1.63. The maximum atomic E-state index is 13.1. The standard InChI is InChI=1S/C11H16FN3/c1-14-5-4-9-2-3-10(12)8-11(9)15(13)7-6-14/h2-3,8H,4-7,13H2,1H3. The van der Waals surface area contributed by atoms with E-state index in [1.165, 1.54) is 12.1 Å².